The maximum absolute atomic E-state index is 11.2. The molecule has 2 aromatic carbocycles. The van der Waals surface area contributed by atoms with E-state index >= 15 is 0 Å². The number of hydrogen-bond donors (Lipinski definition) is 2. The largest absolute Gasteiger partial charge is 0.495 e. The van der Waals surface area contributed by atoms with Crippen molar-refractivity contribution in [2.24, 2.45) is 0 Å². The number of rotatable bonds is 3. The molecule has 0 aliphatic rings. The molecule has 0 unspecified atom stereocenters. The van der Waals surface area contributed by atoms with Crippen LogP contribution in [0.4, 0.5) is 11.4 Å². The van der Waals surface area contributed by atoms with E-state index in [9.17, 15) is 4.79 Å². The second-order valence-electron chi connectivity index (χ2n) is 9.96. The third-order valence-corrected chi connectivity index (χ3v) is 5.05. The van der Waals surface area contributed by atoms with Crippen molar-refractivity contribution in [3.05, 3.63) is 46.5 Å². The summed E-state index contributed by atoms with van der Waals surface area (Å²) in [7, 11) is 3.25. The van der Waals surface area contributed by atoms with Crippen LogP contribution in [-0.4, -0.2) is 20.1 Å². The topological polar surface area (TPSA) is 73.6 Å². The number of nitrogens with two attached hydrogens (primary N) is 1. The van der Waals surface area contributed by atoms with Crippen LogP contribution in [0.3, 0.4) is 0 Å². The van der Waals surface area contributed by atoms with Gasteiger partial charge in [0.1, 0.15) is 11.5 Å². The quantitative estimate of drug-likeness (QED) is 0.576. The van der Waals surface area contributed by atoms with Crippen molar-refractivity contribution < 1.29 is 14.3 Å². The first kappa shape index (κ1) is 26.3. The van der Waals surface area contributed by atoms with Gasteiger partial charge in [0.05, 0.1) is 25.6 Å². The van der Waals surface area contributed by atoms with Gasteiger partial charge in [-0.1, -0.05) is 41.5 Å². The molecular formula is C26H40N2O3. The average Bonchev–Trinajstić information content (AvgIpc) is 2.62. The van der Waals surface area contributed by atoms with E-state index in [0.717, 1.165) is 11.4 Å². The van der Waals surface area contributed by atoms with Crippen LogP contribution in [0.1, 0.15) is 70.7 Å². The number of amides is 1. The fourth-order valence-corrected chi connectivity index (χ4v) is 3.63. The van der Waals surface area contributed by atoms with Crippen LogP contribution in [0, 0.1) is 13.8 Å². The van der Waals surface area contributed by atoms with Gasteiger partial charge in [0.2, 0.25) is 5.91 Å². The van der Waals surface area contributed by atoms with Gasteiger partial charge in [0.25, 0.3) is 0 Å². The lowest BCUT2D eigenvalue weighted by atomic mass is 9.83. The Morgan fingerprint density at radius 3 is 1.61 bits per heavy atom. The van der Waals surface area contributed by atoms with Crippen LogP contribution in [0.15, 0.2) is 24.3 Å². The number of hydrogen-bond acceptors (Lipinski definition) is 4. The molecule has 5 nitrogen and oxygen atoms in total. The number of ether oxygens (including phenoxy) is 2. The van der Waals surface area contributed by atoms with Crippen molar-refractivity contribution in [3.63, 3.8) is 0 Å². The SMILES string of the molecule is COc1cc(C)c(C(C)(C)C)cc1N.COc1cc(C)c(C(C)(C)C)cc1NC(C)=O. The monoisotopic (exact) mass is 428 g/mol. The zero-order valence-corrected chi connectivity index (χ0v) is 21.1. The van der Waals surface area contributed by atoms with Crippen LogP contribution in [-0.2, 0) is 15.6 Å². The highest BCUT2D eigenvalue weighted by atomic mass is 16.5. The fourth-order valence-electron chi connectivity index (χ4n) is 3.63. The maximum Gasteiger partial charge on any atom is 0.221 e. The second-order valence-corrected chi connectivity index (χ2v) is 9.96. The number of nitrogen functional groups attached to an aromatic ring is 1. The van der Waals surface area contributed by atoms with Crippen LogP contribution in [0.2, 0.25) is 0 Å². The summed E-state index contributed by atoms with van der Waals surface area (Å²) in [5, 5.41) is 2.80. The van der Waals surface area contributed by atoms with Gasteiger partial charge in [-0.15, -0.1) is 0 Å². The van der Waals surface area contributed by atoms with Gasteiger partial charge in [0, 0.05) is 6.92 Å². The number of methoxy groups -OCH3 is 2. The summed E-state index contributed by atoms with van der Waals surface area (Å²) in [6.45, 7) is 18.6. The van der Waals surface area contributed by atoms with Crippen molar-refractivity contribution in [2.45, 2.75) is 73.1 Å². The molecule has 31 heavy (non-hydrogen) atoms. The van der Waals surface area contributed by atoms with Gasteiger partial charge in [-0.25, -0.2) is 0 Å². The highest BCUT2D eigenvalue weighted by Gasteiger charge is 2.19. The number of anilines is 2. The fraction of sp³-hybridized carbons (Fsp3) is 0.500. The minimum atomic E-state index is -0.0907. The van der Waals surface area contributed by atoms with Crippen molar-refractivity contribution in [1.82, 2.24) is 0 Å². The van der Waals surface area contributed by atoms with Gasteiger partial charge < -0.3 is 20.5 Å². The lowest BCUT2D eigenvalue weighted by Crippen LogP contribution is -2.15. The molecule has 0 aromatic heterocycles. The van der Waals surface area contributed by atoms with Gasteiger partial charge in [-0.05, 0) is 71.2 Å². The highest BCUT2D eigenvalue weighted by molar-refractivity contribution is 5.90. The molecule has 2 rings (SSSR count). The number of nitrogens with one attached hydrogen (secondary N) is 1. The van der Waals surface area contributed by atoms with Crippen molar-refractivity contribution >= 4 is 17.3 Å². The Balaban J connectivity index is 0.000000316. The summed E-state index contributed by atoms with van der Waals surface area (Å²) in [6, 6.07) is 7.96. The normalized spacial score (nSPS) is 11.3. The van der Waals surface area contributed by atoms with E-state index < -0.39 is 0 Å². The molecular weight excluding hydrogens is 388 g/mol. The van der Waals surface area contributed by atoms with Gasteiger partial charge in [0.15, 0.2) is 0 Å². The summed E-state index contributed by atoms with van der Waals surface area (Å²) in [5.41, 5.74) is 12.4. The lowest BCUT2D eigenvalue weighted by Gasteiger charge is -2.23. The molecule has 0 atom stereocenters. The Morgan fingerprint density at radius 1 is 0.806 bits per heavy atom. The highest BCUT2D eigenvalue weighted by Crippen LogP contribution is 2.34. The Hall–Kier alpha value is -2.69. The number of carbonyl (C=O) groups excluding carboxylic acids is 1. The van der Waals surface area contributed by atoms with E-state index in [2.05, 4.69) is 60.7 Å². The molecule has 3 N–H and O–H groups in total. The minimum Gasteiger partial charge on any atom is -0.495 e. The number of aryl methyl sites for hydroxylation is 2. The lowest BCUT2D eigenvalue weighted by molar-refractivity contribution is -0.114. The van der Waals surface area contributed by atoms with Gasteiger partial charge in [-0.2, -0.15) is 0 Å². The number of carbonyl (C=O) groups is 1. The van der Waals surface area contributed by atoms with Crippen LogP contribution in [0.5, 0.6) is 11.5 Å². The Labute approximate surface area is 188 Å². The molecule has 0 saturated heterocycles. The molecule has 0 aliphatic carbocycles. The summed E-state index contributed by atoms with van der Waals surface area (Å²) in [6.07, 6.45) is 0. The van der Waals surface area contributed by atoms with E-state index in [1.165, 1.54) is 29.2 Å². The van der Waals surface area contributed by atoms with Crippen molar-refractivity contribution in [1.29, 1.82) is 0 Å². The standard InChI is InChI=1S/C14H21NO2.C12H19NO/c1-9-7-13(17-6)12(15-10(2)16)8-11(9)14(3,4)5;1-8-6-11(14-5)10(13)7-9(8)12(2,3)4/h7-8H,1-6H3,(H,15,16);6-7H,13H2,1-5H3. The van der Waals surface area contributed by atoms with Crippen molar-refractivity contribution in [2.75, 3.05) is 25.3 Å². The molecule has 5 heteroatoms. The zero-order valence-electron chi connectivity index (χ0n) is 21.1. The molecule has 0 fully saturated rings. The predicted molar refractivity (Wildman–Crippen MR) is 132 cm³/mol. The molecule has 0 aliphatic heterocycles. The minimum absolute atomic E-state index is 0.0452. The second kappa shape index (κ2) is 10.1. The maximum atomic E-state index is 11.2. The molecule has 0 saturated carbocycles. The van der Waals surface area contributed by atoms with Crippen LogP contribution < -0.4 is 20.5 Å². The molecule has 0 spiro atoms. The molecule has 2 aromatic rings. The molecule has 0 bridgehead atoms. The molecule has 1 amide bonds. The summed E-state index contributed by atoms with van der Waals surface area (Å²) in [5.74, 6) is 1.37. The average molecular weight is 429 g/mol. The van der Waals surface area contributed by atoms with Gasteiger partial charge >= 0.3 is 0 Å². The van der Waals surface area contributed by atoms with E-state index in [0.29, 0.717) is 11.4 Å². The van der Waals surface area contributed by atoms with Crippen LogP contribution >= 0.6 is 0 Å². The molecule has 172 valence electrons. The number of benzene rings is 2. The zero-order chi connectivity index (χ0) is 24.1. The van der Waals surface area contributed by atoms with E-state index in [-0.39, 0.29) is 16.7 Å². The van der Waals surface area contributed by atoms with E-state index in [4.69, 9.17) is 15.2 Å². The first-order chi connectivity index (χ1) is 14.1. The smallest absolute Gasteiger partial charge is 0.221 e. The Kier molecular flexibility index (Phi) is 8.57. The molecule has 0 heterocycles. The Bertz CT molecular complexity index is 920. The first-order valence-electron chi connectivity index (χ1n) is 10.5. The van der Waals surface area contributed by atoms with E-state index in [1.54, 1.807) is 14.2 Å². The Morgan fingerprint density at radius 2 is 1.23 bits per heavy atom. The third-order valence-electron chi connectivity index (χ3n) is 5.05. The predicted octanol–water partition coefficient (Wildman–Crippen LogP) is 6.14. The van der Waals surface area contributed by atoms with Crippen LogP contribution in [0.25, 0.3) is 0 Å². The third kappa shape index (κ3) is 7.20. The van der Waals surface area contributed by atoms with Gasteiger partial charge in [-0.3, -0.25) is 4.79 Å². The van der Waals surface area contributed by atoms with Crippen molar-refractivity contribution in [3.8, 4) is 11.5 Å². The summed E-state index contributed by atoms with van der Waals surface area (Å²) >= 11 is 0. The van der Waals surface area contributed by atoms with E-state index in [1.807, 2.05) is 24.3 Å². The first-order valence-corrected chi connectivity index (χ1v) is 10.5. The molecule has 0 radical (unpaired) electrons. The summed E-state index contributed by atoms with van der Waals surface area (Å²) in [4.78, 5) is 11.2. The summed E-state index contributed by atoms with van der Waals surface area (Å²) < 4.78 is 10.4.